The van der Waals surface area contributed by atoms with Gasteiger partial charge in [-0.15, -0.1) is 0 Å². The average molecular weight is 273 g/mol. The van der Waals surface area contributed by atoms with Crippen LogP contribution >= 0.6 is 23.2 Å². The fourth-order valence-electron chi connectivity index (χ4n) is 2.11. The Bertz CT molecular complexity index is 426. The van der Waals surface area contributed by atoms with Gasteiger partial charge in [0.05, 0.1) is 21.4 Å². The van der Waals surface area contributed by atoms with E-state index >= 15 is 0 Å². The molecule has 0 heterocycles. The quantitative estimate of drug-likeness (QED) is 0.797. The summed E-state index contributed by atoms with van der Waals surface area (Å²) in [7, 11) is 0. The normalized spacial score (nSPS) is 17.2. The second-order valence-electron chi connectivity index (χ2n) is 5.22. The van der Waals surface area contributed by atoms with Crippen molar-refractivity contribution in [3.8, 4) is 0 Å². The van der Waals surface area contributed by atoms with Crippen molar-refractivity contribution in [1.82, 2.24) is 0 Å². The first-order valence-electron chi connectivity index (χ1n) is 5.93. The third-order valence-electron chi connectivity index (χ3n) is 3.84. The van der Waals surface area contributed by atoms with E-state index in [-0.39, 0.29) is 0 Å². The molecule has 0 unspecified atom stereocenters. The maximum Gasteiger partial charge on any atom is 0.0614 e. The van der Waals surface area contributed by atoms with E-state index in [1.54, 1.807) is 12.1 Å². The third-order valence-corrected chi connectivity index (χ3v) is 4.56. The van der Waals surface area contributed by atoms with E-state index in [0.29, 0.717) is 27.1 Å². The summed E-state index contributed by atoms with van der Waals surface area (Å²) >= 11 is 11.9. The molecule has 3 N–H and O–H groups in total. The molecular formula is C13H18Cl2N2. The highest BCUT2D eigenvalue weighted by Gasteiger charge is 2.44. The van der Waals surface area contributed by atoms with Crippen LogP contribution < -0.4 is 11.1 Å². The van der Waals surface area contributed by atoms with E-state index < -0.39 is 0 Å². The van der Waals surface area contributed by atoms with E-state index in [2.05, 4.69) is 19.2 Å². The topological polar surface area (TPSA) is 38.0 Å². The summed E-state index contributed by atoms with van der Waals surface area (Å²) in [4.78, 5) is 0. The van der Waals surface area contributed by atoms with Gasteiger partial charge in [-0.2, -0.15) is 0 Å². The van der Waals surface area contributed by atoms with Crippen molar-refractivity contribution < 1.29 is 0 Å². The molecule has 2 rings (SSSR count). The first-order valence-corrected chi connectivity index (χ1v) is 6.68. The Balaban J connectivity index is 2.07. The second-order valence-corrected chi connectivity index (χ2v) is 6.04. The van der Waals surface area contributed by atoms with Crippen molar-refractivity contribution >= 4 is 34.6 Å². The van der Waals surface area contributed by atoms with Gasteiger partial charge in [0.25, 0.3) is 0 Å². The van der Waals surface area contributed by atoms with Crippen LogP contribution in [0.3, 0.4) is 0 Å². The Morgan fingerprint density at radius 3 is 2.41 bits per heavy atom. The second kappa shape index (κ2) is 4.58. The van der Waals surface area contributed by atoms with Gasteiger partial charge in [-0.05, 0) is 36.3 Å². The van der Waals surface area contributed by atoms with Crippen LogP contribution in [0.4, 0.5) is 11.4 Å². The Hall–Kier alpha value is -0.600. The van der Waals surface area contributed by atoms with Crippen molar-refractivity contribution in [1.29, 1.82) is 0 Å². The summed E-state index contributed by atoms with van der Waals surface area (Å²) in [5, 5.41) is 4.44. The van der Waals surface area contributed by atoms with E-state index in [0.717, 1.165) is 12.2 Å². The first kappa shape index (κ1) is 12.8. The van der Waals surface area contributed by atoms with Crippen LogP contribution in [-0.4, -0.2) is 6.54 Å². The summed E-state index contributed by atoms with van der Waals surface area (Å²) < 4.78 is 0. The molecular weight excluding hydrogens is 255 g/mol. The third kappa shape index (κ3) is 2.63. The number of anilines is 2. The molecule has 0 amide bonds. The standard InChI is InChI=1S/C13H18Cl2N2/c1-8(2)13(3-4-13)7-17-12-6-10(15)9(14)5-11(12)16/h5-6,8,17H,3-4,7,16H2,1-2H3. The van der Waals surface area contributed by atoms with Gasteiger partial charge >= 0.3 is 0 Å². The van der Waals surface area contributed by atoms with Crippen LogP contribution in [0.2, 0.25) is 10.0 Å². The lowest BCUT2D eigenvalue weighted by Gasteiger charge is -2.21. The lowest BCUT2D eigenvalue weighted by Crippen LogP contribution is -2.21. The molecule has 1 aromatic carbocycles. The van der Waals surface area contributed by atoms with Gasteiger partial charge in [-0.1, -0.05) is 37.0 Å². The molecule has 1 saturated carbocycles. The minimum atomic E-state index is 0.443. The summed E-state index contributed by atoms with van der Waals surface area (Å²) in [5.41, 5.74) is 7.89. The van der Waals surface area contributed by atoms with Gasteiger partial charge in [0.1, 0.15) is 0 Å². The number of hydrogen-bond donors (Lipinski definition) is 2. The van der Waals surface area contributed by atoms with E-state index in [1.807, 2.05) is 0 Å². The summed E-state index contributed by atoms with van der Waals surface area (Å²) in [6, 6.07) is 3.50. The number of benzene rings is 1. The highest BCUT2D eigenvalue weighted by molar-refractivity contribution is 6.42. The number of nitrogen functional groups attached to an aromatic ring is 1. The molecule has 0 atom stereocenters. The molecule has 4 heteroatoms. The highest BCUT2D eigenvalue weighted by Crippen LogP contribution is 2.51. The van der Waals surface area contributed by atoms with Crippen molar-refractivity contribution in [3.05, 3.63) is 22.2 Å². The molecule has 17 heavy (non-hydrogen) atoms. The number of halogens is 2. The molecule has 1 aliphatic rings. The lowest BCUT2D eigenvalue weighted by atomic mass is 9.92. The molecule has 0 radical (unpaired) electrons. The number of nitrogens with one attached hydrogen (secondary N) is 1. The molecule has 94 valence electrons. The molecule has 2 nitrogen and oxygen atoms in total. The summed E-state index contributed by atoms with van der Waals surface area (Å²) in [5.74, 6) is 0.694. The van der Waals surface area contributed by atoms with Crippen molar-refractivity contribution in [2.75, 3.05) is 17.6 Å². The fraction of sp³-hybridized carbons (Fsp3) is 0.538. The SMILES string of the molecule is CC(C)C1(CNc2cc(Cl)c(Cl)cc2N)CC1. The van der Waals surface area contributed by atoms with Gasteiger partial charge in [-0.25, -0.2) is 0 Å². The largest absolute Gasteiger partial charge is 0.397 e. The zero-order valence-electron chi connectivity index (χ0n) is 10.2. The van der Waals surface area contributed by atoms with Crippen LogP contribution in [0.25, 0.3) is 0 Å². The van der Waals surface area contributed by atoms with Gasteiger partial charge in [0.15, 0.2) is 0 Å². The predicted octanol–water partition coefficient (Wildman–Crippen LogP) is 4.42. The van der Waals surface area contributed by atoms with Crippen LogP contribution in [-0.2, 0) is 0 Å². The van der Waals surface area contributed by atoms with Gasteiger partial charge in [-0.3, -0.25) is 0 Å². The Labute approximate surface area is 112 Å². The van der Waals surface area contributed by atoms with Crippen molar-refractivity contribution in [2.24, 2.45) is 11.3 Å². The van der Waals surface area contributed by atoms with E-state index in [1.165, 1.54) is 12.8 Å². The molecule has 0 spiro atoms. The number of rotatable bonds is 4. The van der Waals surface area contributed by atoms with Gasteiger partial charge < -0.3 is 11.1 Å². The van der Waals surface area contributed by atoms with Crippen LogP contribution in [0, 0.1) is 11.3 Å². The van der Waals surface area contributed by atoms with Gasteiger partial charge in [0.2, 0.25) is 0 Å². The Kier molecular flexibility index (Phi) is 3.46. The lowest BCUT2D eigenvalue weighted by molar-refractivity contribution is 0.380. The Morgan fingerprint density at radius 2 is 1.88 bits per heavy atom. The maximum atomic E-state index is 5.99. The monoisotopic (exact) mass is 272 g/mol. The molecule has 0 bridgehead atoms. The maximum absolute atomic E-state index is 5.99. The summed E-state index contributed by atoms with van der Waals surface area (Å²) in [6.07, 6.45) is 2.58. The molecule has 1 aliphatic carbocycles. The molecule has 1 fully saturated rings. The first-order chi connectivity index (χ1) is 7.94. The minimum absolute atomic E-state index is 0.443. The minimum Gasteiger partial charge on any atom is -0.397 e. The molecule has 1 aromatic rings. The smallest absolute Gasteiger partial charge is 0.0614 e. The van der Waals surface area contributed by atoms with Crippen molar-refractivity contribution in [3.63, 3.8) is 0 Å². The summed E-state index contributed by atoms with van der Waals surface area (Å²) in [6.45, 7) is 5.49. The molecule has 0 saturated heterocycles. The number of hydrogen-bond acceptors (Lipinski definition) is 2. The number of nitrogens with two attached hydrogens (primary N) is 1. The zero-order chi connectivity index (χ0) is 12.6. The Morgan fingerprint density at radius 1 is 1.29 bits per heavy atom. The van der Waals surface area contributed by atoms with Crippen LogP contribution in [0.1, 0.15) is 26.7 Å². The average Bonchev–Trinajstić information content (AvgIpc) is 3.02. The highest BCUT2D eigenvalue weighted by atomic mass is 35.5. The zero-order valence-corrected chi connectivity index (χ0v) is 11.7. The molecule has 0 aliphatic heterocycles. The predicted molar refractivity (Wildman–Crippen MR) is 75.9 cm³/mol. The van der Waals surface area contributed by atoms with E-state index in [9.17, 15) is 0 Å². The van der Waals surface area contributed by atoms with E-state index in [4.69, 9.17) is 28.9 Å². The molecule has 0 aromatic heterocycles. The van der Waals surface area contributed by atoms with Crippen LogP contribution in [0.5, 0.6) is 0 Å². The van der Waals surface area contributed by atoms with Gasteiger partial charge in [0, 0.05) is 6.54 Å². The van der Waals surface area contributed by atoms with Crippen LogP contribution in [0.15, 0.2) is 12.1 Å². The fourth-order valence-corrected chi connectivity index (χ4v) is 2.44. The van der Waals surface area contributed by atoms with Crippen molar-refractivity contribution in [2.45, 2.75) is 26.7 Å².